The molecule has 3 N–H and O–H groups in total. The van der Waals surface area contributed by atoms with Crippen LogP contribution in [0.25, 0.3) is 0 Å². The number of halogens is 2. The Labute approximate surface area is 60.6 Å². The first-order valence-corrected chi connectivity index (χ1v) is 1.57. The van der Waals surface area contributed by atoms with Gasteiger partial charge in [0, 0.05) is 0 Å². The predicted octanol–water partition coefficient (Wildman–Crippen LogP) is 0.270. The van der Waals surface area contributed by atoms with E-state index in [0.717, 1.165) is 0 Å². The second kappa shape index (κ2) is 9.23. The zero-order chi connectivity index (χ0) is 3.58. The molecule has 2 nitrogen and oxygen atoms in total. The van der Waals surface area contributed by atoms with Gasteiger partial charge < -0.3 is 0 Å². The first-order valence-electron chi connectivity index (χ1n) is 0.789. The number of amidine groups is 1. The minimum atomic E-state index is 0. The van der Waals surface area contributed by atoms with E-state index in [1.165, 1.54) is 20.4 Å². The number of nitrogens with one attached hydrogen (secondary N) is 1. The minimum absolute atomic E-state index is 0. The third kappa shape index (κ3) is 116. The molecule has 0 aliphatic heterocycles. The fourth-order valence-corrected chi connectivity index (χ4v) is 0. The van der Waals surface area contributed by atoms with Gasteiger partial charge in [-0.2, -0.15) is 0 Å². The number of hydrogen-bond donors (Lipinski definition) is 2. The van der Waals surface area contributed by atoms with Crippen LogP contribution in [-0.4, -0.2) is 4.14 Å². The van der Waals surface area contributed by atoms with E-state index < -0.39 is 0 Å². The van der Waals surface area contributed by atoms with E-state index in [1.54, 1.807) is 0 Å². The zero-order valence-electron chi connectivity index (χ0n) is 2.89. The van der Waals surface area contributed by atoms with Crippen LogP contribution in [0.4, 0.5) is 0 Å². The van der Waals surface area contributed by atoms with Crippen molar-refractivity contribution in [2.45, 2.75) is 0 Å². The molecule has 0 aliphatic carbocycles. The summed E-state index contributed by atoms with van der Waals surface area (Å²) in [6.07, 6.45) is 0. The summed E-state index contributed by atoms with van der Waals surface area (Å²) in [5.41, 5.74) is 4.69. The third-order valence-electron chi connectivity index (χ3n) is 0. The van der Waals surface area contributed by atoms with Crippen LogP contribution in [0.3, 0.4) is 0 Å². The van der Waals surface area contributed by atoms with Crippen molar-refractivity contribution in [2.75, 3.05) is 0 Å². The van der Waals surface area contributed by atoms with Crippen LogP contribution in [0.5, 0.6) is 0 Å². The topological polar surface area (TPSA) is 49.9 Å². The normalized spacial score (nSPS) is 3.83. The molecule has 0 aromatic rings. The Hall–Kier alpha value is 0.764. The molecule has 0 rings (SSSR count). The quantitative estimate of drug-likeness (QED) is 0.301. The fourth-order valence-electron chi connectivity index (χ4n) is 0. The van der Waals surface area contributed by atoms with Crippen LogP contribution in [0.1, 0.15) is 0 Å². The fraction of sp³-hybridized carbons (Fsp3) is 0. The standard InChI is InChI=1S/CH3N2.2ClH.Ti/c2-1-3;;;/h(H3,2,3);2*1H;. The van der Waals surface area contributed by atoms with Crippen LogP contribution >= 0.6 is 24.8 Å². The second-order valence-corrected chi connectivity index (χ2v) is 1.25. The molecule has 0 saturated carbocycles. The molecule has 0 saturated heterocycles. The maximum absolute atomic E-state index is 6.28. The van der Waals surface area contributed by atoms with E-state index in [1.807, 2.05) is 0 Å². The monoisotopic (exact) mass is 163 g/mol. The maximum atomic E-state index is 6.28. The van der Waals surface area contributed by atoms with Crippen LogP contribution in [-0.2, 0) is 20.4 Å². The van der Waals surface area contributed by atoms with Crippen LogP contribution in [0, 0.1) is 5.41 Å². The van der Waals surface area contributed by atoms with Crippen LogP contribution in [0.15, 0.2) is 0 Å². The number of hydrogen-bond acceptors (Lipinski definition) is 1. The molecule has 0 unspecified atom stereocenters. The summed E-state index contributed by atoms with van der Waals surface area (Å²) < 4.78 is 0.167. The van der Waals surface area contributed by atoms with Crippen molar-refractivity contribution in [1.29, 1.82) is 5.41 Å². The molecule has 0 aliphatic rings. The molecule has 0 bridgehead atoms. The van der Waals surface area contributed by atoms with E-state index in [-0.39, 0.29) is 29.0 Å². The van der Waals surface area contributed by atoms with Gasteiger partial charge in [-0.3, -0.25) is 0 Å². The summed E-state index contributed by atoms with van der Waals surface area (Å²) in [4.78, 5) is 0. The molecule has 0 fully saturated rings. The molecule has 0 radical (unpaired) electrons. The van der Waals surface area contributed by atoms with Gasteiger partial charge in [0.15, 0.2) is 0 Å². The molecule has 0 atom stereocenters. The van der Waals surface area contributed by atoms with Crippen molar-refractivity contribution in [3.8, 4) is 0 Å². The third-order valence-corrected chi connectivity index (χ3v) is 0. The number of rotatable bonds is 0. The van der Waals surface area contributed by atoms with Gasteiger partial charge in [0.2, 0.25) is 0 Å². The average molecular weight is 164 g/mol. The van der Waals surface area contributed by atoms with Crippen molar-refractivity contribution in [3.05, 3.63) is 0 Å². The summed E-state index contributed by atoms with van der Waals surface area (Å²) in [5.74, 6) is 0. The van der Waals surface area contributed by atoms with Crippen LogP contribution < -0.4 is 5.73 Å². The van der Waals surface area contributed by atoms with Crippen molar-refractivity contribution < 1.29 is 20.4 Å². The van der Waals surface area contributed by atoms with Crippen molar-refractivity contribution in [1.82, 2.24) is 0 Å². The molecular weight excluding hydrogens is 159 g/mol. The predicted molar refractivity (Wildman–Crippen MR) is 26.4 cm³/mol. The van der Waals surface area contributed by atoms with Gasteiger partial charge in [0.25, 0.3) is 0 Å². The zero-order valence-corrected chi connectivity index (χ0v) is 6.09. The van der Waals surface area contributed by atoms with Crippen molar-refractivity contribution >= 4 is 29.0 Å². The summed E-state index contributed by atoms with van der Waals surface area (Å²) in [7, 11) is 0. The molecule has 6 heavy (non-hydrogen) atoms. The molecular formula is CH5Cl2N2Ti. The van der Waals surface area contributed by atoms with E-state index in [4.69, 9.17) is 11.1 Å². The van der Waals surface area contributed by atoms with E-state index in [0.29, 0.717) is 0 Å². The van der Waals surface area contributed by atoms with Crippen molar-refractivity contribution in [3.63, 3.8) is 0 Å². The Morgan fingerprint density at radius 1 is 1.50 bits per heavy atom. The Morgan fingerprint density at radius 2 is 1.50 bits per heavy atom. The van der Waals surface area contributed by atoms with Crippen LogP contribution in [0.2, 0.25) is 0 Å². The molecule has 0 heterocycles. The molecule has 5 heteroatoms. The van der Waals surface area contributed by atoms with Gasteiger partial charge in [-0.25, -0.2) is 0 Å². The SMILES string of the molecule is Cl.Cl.N=[C](N)[Ti]. The summed E-state index contributed by atoms with van der Waals surface area (Å²) >= 11 is 1.53. The molecule has 0 aromatic heterocycles. The van der Waals surface area contributed by atoms with Gasteiger partial charge in [-0.1, -0.05) is 0 Å². The first kappa shape index (κ1) is 15.9. The van der Waals surface area contributed by atoms with Crippen molar-refractivity contribution in [2.24, 2.45) is 5.73 Å². The molecule has 0 amide bonds. The van der Waals surface area contributed by atoms with Gasteiger partial charge in [0.1, 0.15) is 0 Å². The van der Waals surface area contributed by atoms with Gasteiger partial charge in [-0.05, 0) is 0 Å². The van der Waals surface area contributed by atoms with E-state index in [9.17, 15) is 0 Å². The molecule has 0 aromatic carbocycles. The Kier molecular flexibility index (Phi) is 24.4. The number of nitrogens with two attached hydrogens (primary N) is 1. The Morgan fingerprint density at radius 3 is 1.50 bits per heavy atom. The van der Waals surface area contributed by atoms with Gasteiger partial charge in [0.05, 0.1) is 0 Å². The average Bonchev–Trinajstić information content (AvgIpc) is 0.811. The van der Waals surface area contributed by atoms with E-state index >= 15 is 0 Å². The van der Waals surface area contributed by atoms with Gasteiger partial charge in [-0.15, -0.1) is 24.8 Å². The van der Waals surface area contributed by atoms with E-state index in [2.05, 4.69) is 0 Å². The Bertz CT molecular complexity index is 34.5. The molecule has 0 spiro atoms. The first-order chi connectivity index (χ1) is 1.73. The second-order valence-electron chi connectivity index (χ2n) is 0.414. The summed E-state index contributed by atoms with van der Waals surface area (Å²) in [6, 6.07) is 0. The van der Waals surface area contributed by atoms with Gasteiger partial charge >= 0.3 is 35.7 Å². The Balaban J connectivity index is -0.0000000450. The summed E-state index contributed by atoms with van der Waals surface area (Å²) in [6.45, 7) is 0. The summed E-state index contributed by atoms with van der Waals surface area (Å²) in [5, 5.41) is 6.28. The molecule has 37 valence electrons.